The van der Waals surface area contributed by atoms with Gasteiger partial charge in [-0.05, 0) is 25.6 Å². The van der Waals surface area contributed by atoms with Crippen LogP contribution in [-0.4, -0.2) is 19.9 Å². The highest BCUT2D eigenvalue weighted by Gasteiger charge is 2.08. The summed E-state index contributed by atoms with van der Waals surface area (Å²) in [4.78, 5) is 0. The van der Waals surface area contributed by atoms with Crippen molar-refractivity contribution in [2.75, 3.05) is 0 Å². The number of rotatable bonds is 4. The number of aromatic nitrogens is 4. The normalized spacial score (nSPS) is 10.9. The van der Waals surface area contributed by atoms with E-state index in [1.807, 2.05) is 17.6 Å². The molecule has 0 atom stereocenters. The van der Waals surface area contributed by atoms with Gasteiger partial charge in [0, 0.05) is 12.5 Å². The highest BCUT2D eigenvalue weighted by molar-refractivity contribution is 7.71. The van der Waals surface area contributed by atoms with Gasteiger partial charge in [0.15, 0.2) is 10.5 Å². The number of hydrogen-bond donors (Lipinski definition) is 1. The Hall–Kier alpha value is -1.43. The van der Waals surface area contributed by atoms with Gasteiger partial charge in [0.1, 0.15) is 5.82 Å². The van der Waals surface area contributed by atoms with Gasteiger partial charge >= 0.3 is 0 Å². The summed E-state index contributed by atoms with van der Waals surface area (Å²) in [5.41, 5.74) is 0.877. The molecule has 6 heteroatoms. The van der Waals surface area contributed by atoms with Gasteiger partial charge in [0.25, 0.3) is 0 Å². The van der Waals surface area contributed by atoms with Gasteiger partial charge in [-0.2, -0.15) is 5.10 Å². The Kier molecular flexibility index (Phi) is 3.19. The second-order valence-corrected chi connectivity index (χ2v) is 4.10. The van der Waals surface area contributed by atoms with Crippen LogP contribution >= 0.6 is 12.2 Å². The third kappa shape index (κ3) is 2.21. The summed E-state index contributed by atoms with van der Waals surface area (Å²) in [5, 5.41) is 10.8. The first-order chi connectivity index (χ1) is 7.70. The van der Waals surface area contributed by atoms with E-state index in [4.69, 9.17) is 16.7 Å². The van der Waals surface area contributed by atoms with Crippen molar-refractivity contribution < 1.29 is 4.52 Å². The van der Waals surface area contributed by atoms with Crippen LogP contribution in [0.15, 0.2) is 10.6 Å². The van der Waals surface area contributed by atoms with E-state index in [1.54, 1.807) is 0 Å². The summed E-state index contributed by atoms with van der Waals surface area (Å²) in [6.07, 6.45) is 1.94. The van der Waals surface area contributed by atoms with Crippen molar-refractivity contribution in [1.29, 1.82) is 0 Å². The monoisotopic (exact) mass is 238 g/mol. The summed E-state index contributed by atoms with van der Waals surface area (Å²) in [6.45, 7) is 4.60. The molecule has 0 fully saturated rings. The number of nitrogens with one attached hydrogen (secondary N) is 1. The van der Waals surface area contributed by atoms with Gasteiger partial charge in [0.05, 0.1) is 12.2 Å². The average molecular weight is 238 g/mol. The third-order valence-electron chi connectivity index (χ3n) is 2.30. The van der Waals surface area contributed by atoms with Crippen molar-refractivity contribution in [3.63, 3.8) is 0 Å². The van der Waals surface area contributed by atoms with Crippen LogP contribution in [0.1, 0.15) is 30.6 Å². The highest BCUT2D eigenvalue weighted by atomic mass is 32.1. The lowest BCUT2D eigenvalue weighted by Gasteiger charge is -2.02. The molecule has 1 N–H and O–H groups in total. The molecule has 86 valence electrons. The first kappa shape index (κ1) is 11.1. The maximum atomic E-state index is 5.18. The lowest BCUT2D eigenvalue weighted by atomic mass is 10.3. The molecule has 0 spiro atoms. The first-order valence-electron chi connectivity index (χ1n) is 5.27. The number of nitrogens with zero attached hydrogens (tertiary/aromatic N) is 3. The minimum atomic E-state index is 0.589. The number of H-pyrrole nitrogens is 1. The Labute approximate surface area is 98.5 Å². The SMILES string of the molecule is CCCc1n[nH]c(=S)n1Cc1cc(C)no1. The van der Waals surface area contributed by atoms with E-state index in [1.165, 1.54) is 0 Å². The second kappa shape index (κ2) is 4.61. The molecule has 0 saturated carbocycles. The lowest BCUT2D eigenvalue weighted by molar-refractivity contribution is 0.371. The van der Waals surface area contributed by atoms with Crippen LogP contribution in [-0.2, 0) is 13.0 Å². The summed E-state index contributed by atoms with van der Waals surface area (Å²) in [5.74, 6) is 1.76. The van der Waals surface area contributed by atoms with Crippen LogP contribution in [0.2, 0.25) is 0 Å². The number of aromatic amines is 1. The van der Waals surface area contributed by atoms with E-state index < -0.39 is 0 Å². The van der Waals surface area contributed by atoms with Crippen molar-refractivity contribution in [1.82, 2.24) is 19.9 Å². The molecular formula is C10H14N4OS. The standard InChI is InChI=1S/C10H14N4OS/c1-3-4-9-11-12-10(16)14(9)6-8-5-7(2)13-15-8/h5H,3-4,6H2,1-2H3,(H,12,16). The molecule has 0 saturated heterocycles. The van der Waals surface area contributed by atoms with Crippen LogP contribution in [0.3, 0.4) is 0 Å². The highest BCUT2D eigenvalue weighted by Crippen LogP contribution is 2.08. The van der Waals surface area contributed by atoms with Crippen molar-refractivity contribution in [2.45, 2.75) is 33.2 Å². The van der Waals surface area contributed by atoms with Crippen LogP contribution in [0.25, 0.3) is 0 Å². The molecule has 0 amide bonds. The zero-order valence-electron chi connectivity index (χ0n) is 9.36. The minimum Gasteiger partial charge on any atom is -0.359 e. The molecule has 2 heterocycles. The third-order valence-corrected chi connectivity index (χ3v) is 2.61. The van der Waals surface area contributed by atoms with Crippen molar-refractivity contribution in [2.24, 2.45) is 0 Å². The summed E-state index contributed by atoms with van der Waals surface area (Å²) in [7, 11) is 0. The molecule has 5 nitrogen and oxygen atoms in total. The Bertz CT molecular complexity index is 525. The van der Waals surface area contributed by atoms with E-state index in [0.717, 1.165) is 30.1 Å². The van der Waals surface area contributed by atoms with Crippen LogP contribution in [0.5, 0.6) is 0 Å². The maximum absolute atomic E-state index is 5.18. The largest absolute Gasteiger partial charge is 0.359 e. The molecular weight excluding hydrogens is 224 g/mol. The lowest BCUT2D eigenvalue weighted by Crippen LogP contribution is -2.04. The van der Waals surface area contributed by atoms with Gasteiger partial charge in [-0.25, -0.2) is 0 Å². The van der Waals surface area contributed by atoms with Gasteiger partial charge in [-0.1, -0.05) is 12.1 Å². The Balaban J connectivity index is 2.26. The van der Waals surface area contributed by atoms with E-state index in [9.17, 15) is 0 Å². The predicted octanol–water partition coefficient (Wildman–Crippen LogP) is 2.24. The van der Waals surface area contributed by atoms with E-state index in [-0.39, 0.29) is 0 Å². The summed E-state index contributed by atoms with van der Waals surface area (Å²) < 4.78 is 7.73. The van der Waals surface area contributed by atoms with E-state index >= 15 is 0 Å². The summed E-state index contributed by atoms with van der Waals surface area (Å²) >= 11 is 5.18. The molecule has 0 bridgehead atoms. The van der Waals surface area contributed by atoms with Crippen molar-refractivity contribution in [3.05, 3.63) is 28.1 Å². The van der Waals surface area contributed by atoms with Crippen molar-refractivity contribution in [3.8, 4) is 0 Å². The predicted molar refractivity (Wildman–Crippen MR) is 61.7 cm³/mol. The summed E-state index contributed by atoms with van der Waals surface area (Å²) in [6, 6.07) is 1.91. The molecule has 0 aliphatic heterocycles. The molecule has 0 aliphatic rings. The quantitative estimate of drug-likeness (QED) is 0.830. The van der Waals surface area contributed by atoms with Crippen LogP contribution < -0.4 is 0 Å². The molecule has 2 rings (SSSR count). The molecule has 0 aromatic carbocycles. The second-order valence-electron chi connectivity index (χ2n) is 3.72. The number of hydrogen-bond acceptors (Lipinski definition) is 4. The van der Waals surface area contributed by atoms with E-state index in [0.29, 0.717) is 11.3 Å². The maximum Gasteiger partial charge on any atom is 0.195 e. The van der Waals surface area contributed by atoms with E-state index in [2.05, 4.69) is 22.3 Å². The zero-order chi connectivity index (χ0) is 11.5. The fraction of sp³-hybridized carbons (Fsp3) is 0.500. The van der Waals surface area contributed by atoms with Crippen LogP contribution in [0, 0.1) is 11.7 Å². The Morgan fingerprint density at radius 2 is 2.38 bits per heavy atom. The average Bonchev–Trinajstić information content (AvgIpc) is 2.79. The molecule has 0 radical (unpaired) electrons. The van der Waals surface area contributed by atoms with Crippen LogP contribution in [0.4, 0.5) is 0 Å². The Morgan fingerprint density at radius 3 is 3.00 bits per heavy atom. The Morgan fingerprint density at radius 1 is 1.56 bits per heavy atom. The minimum absolute atomic E-state index is 0.589. The molecule has 2 aromatic rings. The van der Waals surface area contributed by atoms with Gasteiger partial charge < -0.3 is 4.52 Å². The van der Waals surface area contributed by atoms with Gasteiger partial charge in [-0.3, -0.25) is 9.67 Å². The topological polar surface area (TPSA) is 59.6 Å². The molecule has 0 aliphatic carbocycles. The smallest absolute Gasteiger partial charge is 0.195 e. The van der Waals surface area contributed by atoms with Gasteiger partial charge in [-0.15, -0.1) is 0 Å². The van der Waals surface area contributed by atoms with Gasteiger partial charge in [0.2, 0.25) is 0 Å². The van der Waals surface area contributed by atoms with Crippen molar-refractivity contribution >= 4 is 12.2 Å². The molecule has 2 aromatic heterocycles. The molecule has 0 unspecified atom stereocenters. The fourth-order valence-corrected chi connectivity index (χ4v) is 1.79. The fourth-order valence-electron chi connectivity index (χ4n) is 1.57. The molecule has 16 heavy (non-hydrogen) atoms. The first-order valence-corrected chi connectivity index (χ1v) is 5.67. The number of aryl methyl sites for hydroxylation is 2. The zero-order valence-corrected chi connectivity index (χ0v) is 10.2.